The molecule has 0 spiro atoms. The molecule has 0 radical (unpaired) electrons. The number of unbranched alkanes of at least 4 members (excludes halogenated alkanes) is 1. The normalized spacial score (nSPS) is 25.9. The zero-order valence-corrected chi connectivity index (χ0v) is 12.1. The van der Waals surface area contributed by atoms with Gasteiger partial charge in [0, 0.05) is 17.4 Å². The van der Waals surface area contributed by atoms with Crippen molar-refractivity contribution in [3.05, 3.63) is 0 Å². The second-order valence-corrected chi connectivity index (χ2v) is 5.70. The number of aliphatic hydroxyl groups is 1. The van der Waals surface area contributed by atoms with Gasteiger partial charge in [0.25, 0.3) is 0 Å². The van der Waals surface area contributed by atoms with E-state index in [1.54, 1.807) is 11.8 Å². The summed E-state index contributed by atoms with van der Waals surface area (Å²) in [5, 5.41) is 12.8. The first-order chi connectivity index (χ1) is 9.08. The zero-order chi connectivity index (χ0) is 14.3. The highest BCUT2D eigenvalue weighted by Crippen LogP contribution is 2.31. The number of aliphatic hydroxyl groups excluding tert-OH is 1. The van der Waals surface area contributed by atoms with Gasteiger partial charge in [0.1, 0.15) is 0 Å². The Morgan fingerprint density at radius 3 is 2.68 bits per heavy atom. The van der Waals surface area contributed by atoms with Crippen LogP contribution in [0.5, 0.6) is 0 Å². The van der Waals surface area contributed by atoms with Crippen molar-refractivity contribution in [1.29, 1.82) is 0 Å². The quantitative estimate of drug-likeness (QED) is 0.559. The van der Waals surface area contributed by atoms with E-state index in [1.165, 1.54) is 14.2 Å². The Morgan fingerprint density at radius 1 is 1.32 bits per heavy atom. The van der Waals surface area contributed by atoms with E-state index in [-0.39, 0.29) is 17.3 Å². The van der Waals surface area contributed by atoms with Crippen molar-refractivity contribution < 1.29 is 24.2 Å². The molecule has 3 atom stereocenters. The molecule has 1 fully saturated rings. The maximum Gasteiger partial charge on any atom is 0.407 e. The van der Waals surface area contributed by atoms with Gasteiger partial charge in [0.2, 0.25) is 0 Å². The van der Waals surface area contributed by atoms with Gasteiger partial charge in [0.15, 0.2) is 0 Å². The minimum absolute atomic E-state index is 0.0970. The molecule has 1 amide bonds. The third kappa shape index (κ3) is 5.28. The van der Waals surface area contributed by atoms with Crippen LogP contribution in [0.4, 0.5) is 4.79 Å². The van der Waals surface area contributed by atoms with Crippen LogP contribution in [0.1, 0.15) is 25.7 Å². The van der Waals surface area contributed by atoms with Crippen LogP contribution in [0.25, 0.3) is 0 Å². The molecule has 1 saturated heterocycles. The van der Waals surface area contributed by atoms with Gasteiger partial charge in [-0.05, 0) is 12.8 Å². The Kier molecular flexibility index (Phi) is 7.01. The van der Waals surface area contributed by atoms with E-state index >= 15 is 0 Å². The number of hydrogen-bond donors (Lipinski definition) is 2. The summed E-state index contributed by atoms with van der Waals surface area (Å²) in [6, 6.07) is -0.261. The number of nitrogens with one attached hydrogen (secondary N) is 1. The molecule has 1 heterocycles. The molecule has 6 nitrogen and oxygen atoms in total. The average Bonchev–Trinajstić information content (AvgIpc) is 2.75. The van der Waals surface area contributed by atoms with Gasteiger partial charge < -0.3 is 19.9 Å². The van der Waals surface area contributed by atoms with E-state index in [2.05, 4.69) is 14.8 Å². The predicted molar refractivity (Wildman–Crippen MR) is 72.1 cm³/mol. The van der Waals surface area contributed by atoms with Crippen LogP contribution in [-0.2, 0) is 14.3 Å². The summed E-state index contributed by atoms with van der Waals surface area (Å²) in [5.74, 6) is 0.475. The monoisotopic (exact) mass is 291 g/mol. The summed E-state index contributed by atoms with van der Waals surface area (Å²) in [4.78, 5) is 22.0. The van der Waals surface area contributed by atoms with Gasteiger partial charge in [0.05, 0.1) is 26.4 Å². The molecule has 1 rings (SSSR count). The molecule has 0 bridgehead atoms. The van der Waals surface area contributed by atoms with Crippen LogP contribution in [0.2, 0.25) is 0 Å². The van der Waals surface area contributed by atoms with Gasteiger partial charge >= 0.3 is 12.1 Å². The van der Waals surface area contributed by atoms with Crippen LogP contribution < -0.4 is 5.32 Å². The molecule has 110 valence electrons. The molecular formula is C12H21NO5S. The van der Waals surface area contributed by atoms with E-state index < -0.39 is 12.2 Å². The lowest BCUT2D eigenvalue weighted by atomic mass is 10.0. The Hall–Kier alpha value is -0.950. The lowest BCUT2D eigenvalue weighted by Gasteiger charge is -2.18. The smallest absolute Gasteiger partial charge is 0.407 e. The Bertz CT molecular complexity index is 312. The maximum absolute atomic E-state index is 11.1. The fourth-order valence-electron chi connectivity index (χ4n) is 1.99. The fraction of sp³-hybridized carbons (Fsp3) is 0.833. The minimum Gasteiger partial charge on any atom is -0.469 e. The van der Waals surface area contributed by atoms with E-state index in [0.29, 0.717) is 12.2 Å². The Labute approximate surface area is 117 Å². The zero-order valence-electron chi connectivity index (χ0n) is 11.3. The summed E-state index contributed by atoms with van der Waals surface area (Å²) >= 11 is 1.64. The minimum atomic E-state index is -0.567. The number of esters is 1. The summed E-state index contributed by atoms with van der Waals surface area (Å²) in [7, 11) is 2.68. The largest absolute Gasteiger partial charge is 0.469 e. The van der Waals surface area contributed by atoms with Crippen LogP contribution in [0.15, 0.2) is 0 Å². The number of methoxy groups -OCH3 is 2. The second-order valence-electron chi connectivity index (χ2n) is 4.43. The van der Waals surface area contributed by atoms with Crippen LogP contribution in [0.3, 0.4) is 0 Å². The van der Waals surface area contributed by atoms with Gasteiger partial charge in [-0.15, -0.1) is 0 Å². The molecule has 0 aromatic carbocycles. The van der Waals surface area contributed by atoms with Gasteiger partial charge in [-0.1, -0.05) is 6.42 Å². The third-order valence-electron chi connectivity index (χ3n) is 3.12. The van der Waals surface area contributed by atoms with Crippen molar-refractivity contribution in [2.24, 2.45) is 0 Å². The topological polar surface area (TPSA) is 84.9 Å². The molecule has 0 saturated carbocycles. The molecule has 0 aliphatic carbocycles. The van der Waals surface area contributed by atoms with Crippen molar-refractivity contribution in [2.75, 3.05) is 20.0 Å². The van der Waals surface area contributed by atoms with Crippen LogP contribution in [0, 0.1) is 0 Å². The Balaban J connectivity index is 2.22. The van der Waals surface area contributed by atoms with Crippen LogP contribution >= 0.6 is 11.8 Å². The standard InChI is InChI=1S/C12H21NO5S/c1-17-10(14)6-4-3-5-9-11(15)8(7-19-9)13-12(16)18-2/h8-9,11,15H,3-7H2,1-2H3,(H,13,16)/t8-,9-,11+/m1/s1. The highest BCUT2D eigenvalue weighted by atomic mass is 32.2. The average molecular weight is 291 g/mol. The number of thioether (sulfide) groups is 1. The SMILES string of the molecule is COC(=O)CCCC[C@H]1SC[C@@H](NC(=O)OC)[C@@H]1O. The second kappa shape index (κ2) is 8.27. The molecule has 19 heavy (non-hydrogen) atoms. The van der Waals surface area contributed by atoms with Crippen molar-refractivity contribution in [2.45, 2.75) is 43.1 Å². The van der Waals surface area contributed by atoms with Gasteiger partial charge in [-0.25, -0.2) is 4.79 Å². The molecule has 0 aromatic rings. The summed E-state index contributed by atoms with van der Waals surface area (Å²) in [6.45, 7) is 0. The first kappa shape index (κ1) is 16.1. The number of hydrogen-bond acceptors (Lipinski definition) is 6. The van der Waals surface area contributed by atoms with E-state index in [4.69, 9.17) is 0 Å². The number of alkyl carbamates (subject to hydrolysis) is 1. The number of ether oxygens (including phenoxy) is 2. The third-order valence-corrected chi connectivity index (χ3v) is 4.61. The molecule has 1 aliphatic heterocycles. The first-order valence-electron chi connectivity index (χ1n) is 6.29. The lowest BCUT2D eigenvalue weighted by Crippen LogP contribution is -2.44. The molecule has 0 aromatic heterocycles. The predicted octanol–water partition coefficient (Wildman–Crippen LogP) is 0.921. The highest BCUT2D eigenvalue weighted by Gasteiger charge is 2.35. The van der Waals surface area contributed by atoms with Crippen molar-refractivity contribution in [3.63, 3.8) is 0 Å². The molecule has 1 aliphatic rings. The van der Waals surface area contributed by atoms with E-state index in [9.17, 15) is 14.7 Å². The number of carbonyl (C=O) groups is 2. The molecule has 0 unspecified atom stereocenters. The molecule has 7 heteroatoms. The van der Waals surface area contributed by atoms with Crippen molar-refractivity contribution in [1.82, 2.24) is 5.32 Å². The maximum atomic E-state index is 11.1. The summed E-state index contributed by atoms with van der Waals surface area (Å²) < 4.78 is 9.07. The highest BCUT2D eigenvalue weighted by molar-refractivity contribution is 8.00. The van der Waals surface area contributed by atoms with Gasteiger partial charge in [-0.2, -0.15) is 11.8 Å². The van der Waals surface area contributed by atoms with E-state index in [1.807, 2.05) is 0 Å². The van der Waals surface area contributed by atoms with Crippen LogP contribution in [-0.4, -0.2) is 54.5 Å². The van der Waals surface area contributed by atoms with Crippen molar-refractivity contribution in [3.8, 4) is 0 Å². The van der Waals surface area contributed by atoms with E-state index in [0.717, 1.165) is 19.3 Å². The fourth-order valence-corrected chi connectivity index (χ4v) is 3.45. The molecular weight excluding hydrogens is 270 g/mol. The number of amides is 1. The van der Waals surface area contributed by atoms with Gasteiger partial charge in [-0.3, -0.25) is 4.79 Å². The molecule has 2 N–H and O–H groups in total. The summed E-state index contributed by atoms with van der Waals surface area (Å²) in [6.07, 6.45) is 1.76. The summed E-state index contributed by atoms with van der Waals surface area (Å²) in [5.41, 5.74) is 0. The Morgan fingerprint density at radius 2 is 2.05 bits per heavy atom. The van der Waals surface area contributed by atoms with Crippen molar-refractivity contribution >= 4 is 23.8 Å². The number of rotatable bonds is 6. The lowest BCUT2D eigenvalue weighted by molar-refractivity contribution is -0.140. The number of carbonyl (C=O) groups excluding carboxylic acids is 2. The first-order valence-corrected chi connectivity index (χ1v) is 7.34.